The fraction of sp³-hybridized carbons (Fsp3) is 0.474. The van der Waals surface area contributed by atoms with Gasteiger partial charge in [0.15, 0.2) is 6.54 Å². The van der Waals surface area contributed by atoms with Gasteiger partial charge in [0.1, 0.15) is 6.54 Å². The molecule has 5 nitrogen and oxygen atoms in total. The first kappa shape index (κ1) is 19.4. The maximum Gasteiger partial charge on any atom is 0.275 e. The third-order valence-electron chi connectivity index (χ3n) is 4.46. The Kier molecular flexibility index (Phi) is 6.96. The highest BCUT2D eigenvalue weighted by molar-refractivity contribution is 7.09. The lowest BCUT2D eigenvalue weighted by Crippen LogP contribution is -3.13. The number of thiophene rings is 1. The maximum absolute atomic E-state index is 12.8. The van der Waals surface area contributed by atoms with E-state index in [9.17, 15) is 9.59 Å². The minimum atomic E-state index is -0.00434. The van der Waals surface area contributed by atoms with Gasteiger partial charge in [-0.3, -0.25) is 9.59 Å². The summed E-state index contributed by atoms with van der Waals surface area (Å²) in [7, 11) is 0. The number of quaternary nitrogens is 1. The Hall–Kier alpha value is -1.92. The fourth-order valence-corrected chi connectivity index (χ4v) is 3.70. The lowest BCUT2D eigenvalue weighted by atomic mass is 10.1. The second-order valence-electron chi connectivity index (χ2n) is 6.28. The largest absolute Gasteiger partial charge is 0.351 e. The van der Waals surface area contributed by atoms with E-state index in [1.165, 1.54) is 4.88 Å². The normalized spacial score (nSPS) is 12.2. The molecule has 0 bridgehead atoms. The molecule has 25 heavy (non-hydrogen) atoms. The minimum Gasteiger partial charge on any atom is -0.351 e. The molecular weight excluding hydrogens is 334 g/mol. The highest BCUT2D eigenvalue weighted by atomic mass is 32.1. The van der Waals surface area contributed by atoms with Gasteiger partial charge in [-0.25, -0.2) is 0 Å². The van der Waals surface area contributed by atoms with E-state index in [1.54, 1.807) is 11.3 Å². The van der Waals surface area contributed by atoms with E-state index >= 15 is 0 Å². The summed E-state index contributed by atoms with van der Waals surface area (Å²) in [5, 5.41) is 4.87. The number of aromatic nitrogens is 1. The lowest BCUT2D eigenvalue weighted by Gasteiger charge is -2.16. The Morgan fingerprint density at radius 2 is 2.00 bits per heavy atom. The standard InChI is InChI=1S/C19H27N3O2S/c1-5-20-19(24)13-21(6-2)12-18(23)17-10-14(3)22(15(17)4)11-16-8-7-9-25-16/h7-10H,5-6,11-13H2,1-4H3,(H,20,24)/p+1. The molecule has 1 atom stereocenters. The van der Waals surface area contributed by atoms with Gasteiger partial charge in [0.2, 0.25) is 5.78 Å². The molecule has 0 aliphatic heterocycles. The first-order valence-electron chi connectivity index (χ1n) is 8.78. The number of Topliss-reactive ketones (excluding diaryl/α,β-unsaturated/α-hetero) is 1. The number of hydrogen-bond donors (Lipinski definition) is 2. The molecule has 0 aliphatic rings. The van der Waals surface area contributed by atoms with Crippen molar-refractivity contribution >= 4 is 23.0 Å². The zero-order chi connectivity index (χ0) is 18.4. The van der Waals surface area contributed by atoms with Crippen LogP contribution in [0.25, 0.3) is 0 Å². The molecule has 2 rings (SSSR count). The molecule has 0 fully saturated rings. The van der Waals surface area contributed by atoms with Gasteiger partial charge in [0, 0.05) is 28.4 Å². The molecule has 0 saturated heterocycles. The van der Waals surface area contributed by atoms with Crippen molar-refractivity contribution < 1.29 is 14.5 Å². The van der Waals surface area contributed by atoms with Gasteiger partial charge in [-0.05, 0) is 45.2 Å². The molecule has 0 aliphatic carbocycles. The van der Waals surface area contributed by atoms with Crippen molar-refractivity contribution in [1.82, 2.24) is 9.88 Å². The highest BCUT2D eigenvalue weighted by Gasteiger charge is 2.21. The summed E-state index contributed by atoms with van der Waals surface area (Å²) in [6, 6.07) is 6.13. The lowest BCUT2D eigenvalue weighted by molar-refractivity contribution is -0.881. The predicted octanol–water partition coefficient (Wildman–Crippen LogP) is 1.44. The Morgan fingerprint density at radius 1 is 1.24 bits per heavy atom. The van der Waals surface area contributed by atoms with E-state index in [-0.39, 0.29) is 11.7 Å². The molecule has 0 spiro atoms. The van der Waals surface area contributed by atoms with Gasteiger partial charge >= 0.3 is 0 Å². The summed E-state index contributed by atoms with van der Waals surface area (Å²) >= 11 is 1.72. The summed E-state index contributed by atoms with van der Waals surface area (Å²) in [4.78, 5) is 26.8. The molecule has 1 unspecified atom stereocenters. The Labute approximate surface area is 153 Å². The van der Waals surface area contributed by atoms with Crippen LogP contribution >= 0.6 is 11.3 Å². The van der Waals surface area contributed by atoms with Crippen LogP contribution in [0.2, 0.25) is 0 Å². The van der Waals surface area contributed by atoms with Crippen LogP contribution in [0.1, 0.15) is 40.5 Å². The van der Waals surface area contributed by atoms with Crippen LogP contribution in [0.15, 0.2) is 23.6 Å². The van der Waals surface area contributed by atoms with Crippen LogP contribution in [-0.4, -0.2) is 42.4 Å². The summed E-state index contributed by atoms with van der Waals surface area (Å²) in [6.07, 6.45) is 0. The Morgan fingerprint density at radius 3 is 2.60 bits per heavy atom. The number of hydrogen-bond acceptors (Lipinski definition) is 3. The van der Waals surface area contributed by atoms with E-state index < -0.39 is 0 Å². The molecule has 2 N–H and O–H groups in total. The Balaban J connectivity index is 2.09. The highest BCUT2D eigenvalue weighted by Crippen LogP contribution is 2.19. The molecule has 6 heteroatoms. The molecule has 2 heterocycles. The van der Waals surface area contributed by atoms with Crippen LogP contribution in [-0.2, 0) is 11.3 Å². The topological polar surface area (TPSA) is 55.5 Å². The maximum atomic E-state index is 12.8. The zero-order valence-corrected chi connectivity index (χ0v) is 16.3. The van der Waals surface area contributed by atoms with Gasteiger partial charge < -0.3 is 14.8 Å². The zero-order valence-electron chi connectivity index (χ0n) is 15.5. The van der Waals surface area contributed by atoms with Gasteiger partial charge in [0.05, 0.1) is 13.1 Å². The van der Waals surface area contributed by atoms with Gasteiger partial charge in [0.25, 0.3) is 5.91 Å². The van der Waals surface area contributed by atoms with Crippen molar-refractivity contribution in [1.29, 1.82) is 0 Å². The molecule has 0 radical (unpaired) electrons. The number of carbonyl (C=O) groups excluding carboxylic acids is 2. The van der Waals surface area contributed by atoms with Crippen molar-refractivity contribution in [2.45, 2.75) is 34.2 Å². The average molecular weight is 363 g/mol. The van der Waals surface area contributed by atoms with E-state index in [2.05, 4.69) is 21.3 Å². The number of likely N-dealkylation sites (N-methyl/N-ethyl adjacent to an activating group) is 2. The van der Waals surface area contributed by atoms with E-state index in [0.29, 0.717) is 19.6 Å². The Bertz CT molecular complexity index is 719. The molecule has 2 aromatic rings. The molecule has 0 saturated carbocycles. The molecule has 2 aromatic heterocycles. The van der Waals surface area contributed by atoms with Gasteiger partial charge in [-0.2, -0.15) is 0 Å². The van der Waals surface area contributed by atoms with Crippen molar-refractivity contribution in [2.24, 2.45) is 0 Å². The minimum absolute atomic E-state index is 0.00434. The second kappa shape index (κ2) is 8.97. The number of rotatable bonds is 9. The van der Waals surface area contributed by atoms with Crippen molar-refractivity contribution in [2.75, 3.05) is 26.2 Å². The number of nitrogens with zero attached hydrogens (tertiary/aromatic N) is 1. The summed E-state index contributed by atoms with van der Waals surface area (Å²) < 4.78 is 2.19. The number of carbonyl (C=O) groups is 2. The van der Waals surface area contributed by atoms with E-state index in [1.807, 2.05) is 39.8 Å². The van der Waals surface area contributed by atoms with Crippen LogP contribution in [0.5, 0.6) is 0 Å². The van der Waals surface area contributed by atoms with Crippen LogP contribution < -0.4 is 10.2 Å². The van der Waals surface area contributed by atoms with Crippen molar-refractivity contribution in [3.05, 3.63) is 45.4 Å². The smallest absolute Gasteiger partial charge is 0.275 e. The van der Waals surface area contributed by atoms with Crippen molar-refractivity contribution in [3.8, 4) is 0 Å². The van der Waals surface area contributed by atoms with Gasteiger partial charge in [-0.1, -0.05) is 6.07 Å². The van der Waals surface area contributed by atoms with Crippen LogP contribution in [0, 0.1) is 13.8 Å². The summed E-state index contributed by atoms with van der Waals surface area (Å²) in [5.74, 6) is 0.0991. The van der Waals surface area contributed by atoms with Gasteiger partial charge in [-0.15, -0.1) is 11.3 Å². The first-order valence-corrected chi connectivity index (χ1v) is 9.66. The van der Waals surface area contributed by atoms with E-state index in [4.69, 9.17) is 0 Å². The predicted molar refractivity (Wildman–Crippen MR) is 102 cm³/mol. The number of nitrogens with one attached hydrogen (secondary N) is 2. The SMILES string of the molecule is CCNC(=O)C[NH+](CC)CC(=O)c1cc(C)n(Cc2cccs2)c1C. The van der Waals surface area contributed by atoms with Crippen molar-refractivity contribution in [3.63, 3.8) is 0 Å². The number of amides is 1. The molecular formula is C19H28N3O2S+. The fourth-order valence-electron chi connectivity index (χ4n) is 3.01. The molecule has 0 aromatic carbocycles. The third kappa shape index (κ3) is 5.03. The number of aryl methyl sites for hydroxylation is 1. The first-order chi connectivity index (χ1) is 12.0. The second-order valence-corrected chi connectivity index (χ2v) is 7.32. The third-order valence-corrected chi connectivity index (χ3v) is 5.32. The summed E-state index contributed by atoms with van der Waals surface area (Å²) in [6.45, 7) is 10.8. The summed E-state index contributed by atoms with van der Waals surface area (Å²) in [5.41, 5.74) is 2.87. The van der Waals surface area contributed by atoms with Crippen LogP contribution in [0.4, 0.5) is 0 Å². The average Bonchev–Trinajstić information content (AvgIpc) is 3.18. The van der Waals surface area contributed by atoms with E-state index in [0.717, 1.165) is 34.9 Å². The molecule has 136 valence electrons. The number of ketones is 1. The monoisotopic (exact) mass is 362 g/mol. The molecule has 1 amide bonds. The van der Waals surface area contributed by atoms with Crippen LogP contribution in [0.3, 0.4) is 0 Å². The quantitative estimate of drug-likeness (QED) is 0.663.